The molecule has 4 aromatic rings. The van der Waals surface area contributed by atoms with Crippen molar-refractivity contribution < 1.29 is 32.2 Å². The number of halogens is 3. The number of nitrogens with one attached hydrogen (secondary N) is 1. The first kappa shape index (κ1) is 22.8. The summed E-state index contributed by atoms with van der Waals surface area (Å²) in [5.74, 6) is -5.05. The first-order valence-corrected chi connectivity index (χ1v) is 9.86. The predicted octanol–water partition coefficient (Wildman–Crippen LogP) is 2.39. The second kappa shape index (κ2) is 8.84. The van der Waals surface area contributed by atoms with Gasteiger partial charge in [0.25, 0.3) is 5.91 Å². The van der Waals surface area contributed by atoms with Crippen LogP contribution in [-0.4, -0.2) is 45.2 Å². The summed E-state index contributed by atoms with van der Waals surface area (Å²) in [4.78, 5) is 32.5. The lowest BCUT2D eigenvalue weighted by molar-refractivity contribution is 0.0524. The third-order valence-corrected chi connectivity index (χ3v) is 4.78. The smallest absolute Gasteiger partial charge is 0.338 e. The van der Waals surface area contributed by atoms with E-state index in [1.165, 1.54) is 13.2 Å². The van der Waals surface area contributed by atoms with Crippen LogP contribution in [0.1, 0.15) is 33.5 Å². The summed E-state index contributed by atoms with van der Waals surface area (Å²) in [6.07, 6.45) is 0. The maximum Gasteiger partial charge on any atom is 0.338 e. The summed E-state index contributed by atoms with van der Waals surface area (Å²) in [5.41, 5.74) is 5.05. The van der Waals surface area contributed by atoms with Crippen molar-refractivity contribution in [3.8, 4) is 5.75 Å². The molecule has 0 saturated carbocycles. The van der Waals surface area contributed by atoms with E-state index in [9.17, 15) is 22.8 Å². The molecule has 4 rings (SSSR count). The van der Waals surface area contributed by atoms with Gasteiger partial charge in [0, 0.05) is 6.07 Å². The molecule has 0 radical (unpaired) electrons. The average molecular weight is 474 g/mol. The number of nitrogens with two attached hydrogens (primary N) is 1. The Morgan fingerprint density at radius 2 is 1.82 bits per heavy atom. The molecule has 0 spiro atoms. The van der Waals surface area contributed by atoms with Crippen LogP contribution in [0.5, 0.6) is 5.75 Å². The summed E-state index contributed by atoms with van der Waals surface area (Å²) in [6, 6.07) is 3.73. The SMILES string of the molecule is CCOC(=O)c1cc(F)c(C(=O)NCc2nc3c4cc(F)cc(OC)c4nc(N)n3n2)c(F)c1. The number of esters is 1. The summed E-state index contributed by atoms with van der Waals surface area (Å²) in [7, 11) is 1.35. The molecule has 2 aromatic carbocycles. The number of nitrogen functional groups attached to an aromatic ring is 1. The number of fused-ring (bicyclic) bond motifs is 3. The van der Waals surface area contributed by atoms with Crippen molar-refractivity contribution in [1.29, 1.82) is 0 Å². The van der Waals surface area contributed by atoms with Crippen LogP contribution >= 0.6 is 0 Å². The molecule has 0 aliphatic heterocycles. The zero-order valence-electron chi connectivity index (χ0n) is 17.9. The molecule has 0 aliphatic rings. The highest BCUT2D eigenvalue weighted by molar-refractivity contribution is 5.97. The minimum Gasteiger partial charge on any atom is -0.494 e. The molecule has 3 N–H and O–H groups in total. The Kier molecular flexibility index (Phi) is 5.92. The van der Waals surface area contributed by atoms with E-state index in [4.69, 9.17) is 15.2 Å². The van der Waals surface area contributed by atoms with E-state index in [2.05, 4.69) is 20.4 Å². The Bertz CT molecular complexity index is 1430. The minimum absolute atomic E-state index is 0.0153. The van der Waals surface area contributed by atoms with Gasteiger partial charge in [0.2, 0.25) is 5.95 Å². The average Bonchev–Trinajstić information content (AvgIpc) is 3.23. The molecule has 2 aromatic heterocycles. The largest absolute Gasteiger partial charge is 0.494 e. The standard InChI is InChI=1S/C21H17F3N6O4/c1-3-34-20(32)9-4-12(23)16(13(24)5-9)19(31)26-8-15-27-18-11-6-10(22)7-14(33-2)17(11)28-21(25)30(18)29-15/h4-7H,3,8H2,1-2H3,(H2,25,28)(H,26,31). The number of carbonyl (C=O) groups excluding carboxylic acids is 2. The van der Waals surface area contributed by atoms with Gasteiger partial charge >= 0.3 is 5.97 Å². The van der Waals surface area contributed by atoms with E-state index in [1.807, 2.05) is 0 Å². The number of ether oxygens (including phenoxy) is 2. The fraction of sp³-hybridized carbons (Fsp3) is 0.190. The quantitative estimate of drug-likeness (QED) is 0.407. The van der Waals surface area contributed by atoms with E-state index < -0.39 is 34.9 Å². The van der Waals surface area contributed by atoms with Gasteiger partial charge in [-0.15, -0.1) is 5.10 Å². The van der Waals surface area contributed by atoms with Crippen molar-refractivity contribution >= 4 is 34.4 Å². The molecule has 0 aliphatic carbocycles. The van der Waals surface area contributed by atoms with E-state index in [-0.39, 0.29) is 52.8 Å². The van der Waals surface area contributed by atoms with Crippen LogP contribution in [0.25, 0.3) is 16.6 Å². The van der Waals surface area contributed by atoms with E-state index in [0.29, 0.717) is 12.1 Å². The zero-order valence-corrected chi connectivity index (χ0v) is 17.9. The predicted molar refractivity (Wildman–Crippen MR) is 113 cm³/mol. The number of amides is 1. The number of anilines is 1. The zero-order chi connectivity index (χ0) is 24.6. The summed E-state index contributed by atoms with van der Waals surface area (Å²) in [5, 5.41) is 6.66. The van der Waals surface area contributed by atoms with Gasteiger partial charge in [-0.3, -0.25) is 4.79 Å². The highest BCUT2D eigenvalue weighted by atomic mass is 19.1. The van der Waals surface area contributed by atoms with Gasteiger partial charge < -0.3 is 20.5 Å². The van der Waals surface area contributed by atoms with E-state index in [1.54, 1.807) is 6.92 Å². The third kappa shape index (κ3) is 4.02. The first-order chi connectivity index (χ1) is 16.2. The Hall–Kier alpha value is -4.42. The van der Waals surface area contributed by atoms with Crippen LogP contribution < -0.4 is 15.8 Å². The lowest BCUT2D eigenvalue weighted by Gasteiger charge is -2.08. The van der Waals surface area contributed by atoms with Gasteiger partial charge in [0.15, 0.2) is 11.5 Å². The number of aromatic nitrogens is 4. The molecule has 0 unspecified atom stereocenters. The molecule has 0 bridgehead atoms. The van der Waals surface area contributed by atoms with Gasteiger partial charge in [-0.25, -0.2) is 27.9 Å². The van der Waals surface area contributed by atoms with Crippen molar-refractivity contribution in [2.24, 2.45) is 0 Å². The van der Waals surface area contributed by atoms with Crippen molar-refractivity contribution in [2.45, 2.75) is 13.5 Å². The number of benzene rings is 2. The van der Waals surface area contributed by atoms with Gasteiger partial charge in [0.05, 0.1) is 31.2 Å². The van der Waals surface area contributed by atoms with Gasteiger partial charge in [-0.05, 0) is 25.1 Å². The van der Waals surface area contributed by atoms with Crippen LogP contribution in [0, 0.1) is 17.5 Å². The van der Waals surface area contributed by atoms with Crippen molar-refractivity contribution in [2.75, 3.05) is 19.5 Å². The van der Waals surface area contributed by atoms with Crippen molar-refractivity contribution in [3.05, 3.63) is 58.7 Å². The molecule has 34 heavy (non-hydrogen) atoms. The molecular weight excluding hydrogens is 457 g/mol. The molecule has 1 amide bonds. The molecule has 0 atom stereocenters. The van der Waals surface area contributed by atoms with E-state index in [0.717, 1.165) is 10.6 Å². The second-order valence-electron chi connectivity index (χ2n) is 6.96. The normalized spacial score (nSPS) is 11.1. The Balaban J connectivity index is 1.62. The van der Waals surface area contributed by atoms with Crippen LogP contribution in [0.15, 0.2) is 24.3 Å². The van der Waals surface area contributed by atoms with E-state index >= 15 is 0 Å². The Labute approximate surface area is 189 Å². The number of hydrogen-bond donors (Lipinski definition) is 2. The maximum absolute atomic E-state index is 14.4. The lowest BCUT2D eigenvalue weighted by Crippen LogP contribution is -2.26. The minimum atomic E-state index is -1.24. The Morgan fingerprint density at radius 3 is 2.47 bits per heavy atom. The number of carbonyl (C=O) groups is 2. The molecule has 13 heteroatoms. The Morgan fingerprint density at radius 1 is 1.12 bits per heavy atom. The fourth-order valence-electron chi connectivity index (χ4n) is 3.31. The van der Waals surface area contributed by atoms with Crippen molar-refractivity contribution in [1.82, 2.24) is 24.9 Å². The number of hydrogen-bond acceptors (Lipinski definition) is 8. The molecule has 10 nitrogen and oxygen atoms in total. The molecule has 0 saturated heterocycles. The summed E-state index contributed by atoms with van der Waals surface area (Å²) >= 11 is 0. The van der Waals surface area contributed by atoms with Crippen LogP contribution in [0.2, 0.25) is 0 Å². The van der Waals surface area contributed by atoms with Crippen LogP contribution in [0.3, 0.4) is 0 Å². The molecular formula is C21H17F3N6O4. The van der Waals surface area contributed by atoms with Gasteiger partial charge in [-0.1, -0.05) is 0 Å². The highest BCUT2D eigenvalue weighted by Gasteiger charge is 2.22. The maximum atomic E-state index is 14.4. The van der Waals surface area contributed by atoms with Crippen molar-refractivity contribution in [3.63, 3.8) is 0 Å². The topological polar surface area (TPSA) is 134 Å². The van der Waals surface area contributed by atoms with Gasteiger partial charge in [0.1, 0.15) is 34.3 Å². The number of rotatable bonds is 6. The summed E-state index contributed by atoms with van der Waals surface area (Å²) < 4.78 is 53.7. The molecule has 2 heterocycles. The van der Waals surface area contributed by atoms with Gasteiger partial charge in [-0.2, -0.15) is 4.52 Å². The number of nitrogens with zero attached hydrogens (tertiary/aromatic N) is 4. The van der Waals surface area contributed by atoms with Crippen LogP contribution in [-0.2, 0) is 11.3 Å². The molecule has 0 fully saturated rings. The monoisotopic (exact) mass is 474 g/mol. The highest BCUT2D eigenvalue weighted by Crippen LogP contribution is 2.29. The second-order valence-corrected chi connectivity index (χ2v) is 6.96. The lowest BCUT2D eigenvalue weighted by atomic mass is 10.1. The first-order valence-electron chi connectivity index (χ1n) is 9.86. The third-order valence-electron chi connectivity index (χ3n) is 4.78. The fourth-order valence-corrected chi connectivity index (χ4v) is 3.31. The molecule has 176 valence electrons. The number of methoxy groups -OCH3 is 1. The summed E-state index contributed by atoms with van der Waals surface area (Å²) in [6.45, 7) is 1.22. The van der Waals surface area contributed by atoms with Crippen LogP contribution in [0.4, 0.5) is 19.1 Å².